The quantitative estimate of drug-likeness (QED) is 0.686. The fourth-order valence-corrected chi connectivity index (χ4v) is 1.58. The highest BCUT2D eigenvalue weighted by atomic mass is 16.4. The Kier molecular flexibility index (Phi) is 3.42. The summed E-state index contributed by atoms with van der Waals surface area (Å²) in [5.41, 5.74) is 2.17. The lowest BCUT2D eigenvalue weighted by Gasteiger charge is -2.13. The summed E-state index contributed by atoms with van der Waals surface area (Å²) in [6, 6.07) is 1.43. The molecule has 1 aromatic rings. The second kappa shape index (κ2) is 4.43. The van der Waals surface area contributed by atoms with Gasteiger partial charge in [-0.1, -0.05) is 6.92 Å². The van der Waals surface area contributed by atoms with Crippen LogP contribution in [-0.2, 0) is 11.2 Å². The Morgan fingerprint density at radius 1 is 1.31 bits per heavy atom. The van der Waals surface area contributed by atoms with E-state index in [9.17, 15) is 15.0 Å². The average Bonchev–Trinajstić information content (AvgIpc) is 2.22. The molecular formula is C12H16O4. The molecule has 0 aliphatic rings. The van der Waals surface area contributed by atoms with E-state index in [1.165, 1.54) is 6.07 Å². The van der Waals surface area contributed by atoms with Gasteiger partial charge in [0.2, 0.25) is 0 Å². The molecule has 88 valence electrons. The highest BCUT2D eigenvalue weighted by molar-refractivity contribution is 5.70. The molecule has 0 aliphatic heterocycles. The Balaban J connectivity index is 3.11. The average molecular weight is 224 g/mol. The molecule has 0 heterocycles. The summed E-state index contributed by atoms with van der Waals surface area (Å²) < 4.78 is 0. The van der Waals surface area contributed by atoms with Crippen LogP contribution in [0.25, 0.3) is 0 Å². The Morgan fingerprint density at radius 2 is 1.88 bits per heavy atom. The van der Waals surface area contributed by atoms with Crippen LogP contribution in [0.1, 0.15) is 23.6 Å². The SMILES string of the molecule is Cc1c(CC(C)C(=O)O)cc(O)c(O)c1C. The second-order valence-corrected chi connectivity index (χ2v) is 4.10. The first-order valence-corrected chi connectivity index (χ1v) is 5.08. The van der Waals surface area contributed by atoms with Crippen LogP contribution < -0.4 is 0 Å². The molecular weight excluding hydrogens is 208 g/mol. The van der Waals surface area contributed by atoms with E-state index in [-0.39, 0.29) is 11.5 Å². The molecule has 0 aromatic heterocycles. The topological polar surface area (TPSA) is 77.8 Å². The summed E-state index contributed by atoms with van der Waals surface area (Å²) in [5.74, 6) is -1.72. The summed E-state index contributed by atoms with van der Waals surface area (Å²) >= 11 is 0. The number of hydrogen-bond acceptors (Lipinski definition) is 3. The van der Waals surface area contributed by atoms with Crippen molar-refractivity contribution in [2.24, 2.45) is 5.92 Å². The summed E-state index contributed by atoms with van der Waals surface area (Å²) in [7, 11) is 0. The Hall–Kier alpha value is -1.71. The van der Waals surface area contributed by atoms with Gasteiger partial charge in [0.15, 0.2) is 11.5 Å². The predicted molar refractivity (Wildman–Crippen MR) is 59.7 cm³/mol. The van der Waals surface area contributed by atoms with Gasteiger partial charge in [-0.15, -0.1) is 0 Å². The first-order chi connectivity index (χ1) is 7.34. The zero-order valence-corrected chi connectivity index (χ0v) is 9.61. The fourth-order valence-electron chi connectivity index (χ4n) is 1.58. The molecule has 0 fully saturated rings. The van der Waals surface area contributed by atoms with E-state index in [0.29, 0.717) is 12.0 Å². The van der Waals surface area contributed by atoms with Crippen LogP contribution in [0.15, 0.2) is 6.07 Å². The van der Waals surface area contributed by atoms with Gasteiger partial charge in [0.25, 0.3) is 0 Å². The molecule has 1 rings (SSSR count). The number of benzene rings is 1. The number of aromatic hydroxyl groups is 2. The molecule has 4 nitrogen and oxygen atoms in total. The number of carboxylic acids is 1. The van der Waals surface area contributed by atoms with Crippen LogP contribution in [0.2, 0.25) is 0 Å². The van der Waals surface area contributed by atoms with E-state index in [4.69, 9.17) is 5.11 Å². The van der Waals surface area contributed by atoms with Crippen LogP contribution in [0.4, 0.5) is 0 Å². The van der Waals surface area contributed by atoms with Gasteiger partial charge in [-0.05, 0) is 43.0 Å². The van der Waals surface area contributed by atoms with Gasteiger partial charge in [-0.25, -0.2) is 0 Å². The van der Waals surface area contributed by atoms with Crippen molar-refractivity contribution >= 4 is 5.97 Å². The standard InChI is InChI=1S/C12H16O4/c1-6(12(15)16)4-9-5-10(13)11(14)8(3)7(9)2/h5-6,13-14H,4H2,1-3H3,(H,15,16). The van der Waals surface area contributed by atoms with E-state index in [2.05, 4.69) is 0 Å². The summed E-state index contributed by atoms with van der Waals surface area (Å²) in [4.78, 5) is 10.7. The van der Waals surface area contributed by atoms with Gasteiger partial charge in [0.05, 0.1) is 5.92 Å². The highest BCUT2D eigenvalue weighted by Crippen LogP contribution is 2.33. The van der Waals surface area contributed by atoms with Crippen molar-refractivity contribution in [1.29, 1.82) is 0 Å². The van der Waals surface area contributed by atoms with Crippen LogP contribution in [-0.4, -0.2) is 21.3 Å². The van der Waals surface area contributed by atoms with Gasteiger partial charge in [-0.3, -0.25) is 4.79 Å². The number of carboxylic acid groups (broad SMARTS) is 1. The molecule has 0 amide bonds. The van der Waals surface area contributed by atoms with Gasteiger partial charge < -0.3 is 15.3 Å². The number of carbonyl (C=O) groups is 1. The maximum absolute atomic E-state index is 10.7. The molecule has 4 heteroatoms. The minimum Gasteiger partial charge on any atom is -0.504 e. The van der Waals surface area contributed by atoms with Crippen LogP contribution in [0.3, 0.4) is 0 Å². The zero-order chi connectivity index (χ0) is 12.5. The summed E-state index contributed by atoms with van der Waals surface area (Å²) in [6.07, 6.45) is 0.343. The van der Waals surface area contributed by atoms with Crippen molar-refractivity contribution in [1.82, 2.24) is 0 Å². The second-order valence-electron chi connectivity index (χ2n) is 4.10. The molecule has 0 aliphatic carbocycles. The molecule has 3 N–H and O–H groups in total. The monoisotopic (exact) mass is 224 g/mol. The number of aliphatic carboxylic acids is 1. The molecule has 0 bridgehead atoms. The van der Waals surface area contributed by atoms with Crippen LogP contribution >= 0.6 is 0 Å². The molecule has 0 saturated carbocycles. The largest absolute Gasteiger partial charge is 0.504 e. The van der Waals surface area contributed by atoms with Crippen molar-refractivity contribution in [2.45, 2.75) is 27.2 Å². The number of rotatable bonds is 3. The Bertz CT molecular complexity index is 424. The maximum Gasteiger partial charge on any atom is 0.306 e. The normalized spacial score (nSPS) is 12.4. The molecule has 0 radical (unpaired) electrons. The van der Waals surface area contributed by atoms with Crippen molar-refractivity contribution in [3.63, 3.8) is 0 Å². The first-order valence-electron chi connectivity index (χ1n) is 5.08. The third-order valence-corrected chi connectivity index (χ3v) is 2.90. The Morgan fingerprint density at radius 3 is 2.38 bits per heavy atom. The predicted octanol–water partition coefficient (Wildman–Crippen LogP) is 1.98. The lowest BCUT2D eigenvalue weighted by molar-refractivity contribution is -0.141. The van der Waals surface area contributed by atoms with E-state index < -0.39 is 11.9 Å². The minimum absolute atomic E-state index is 0.135. The molecule has 1 unspecified atom stereocenters. The van der Waals surface area contributed by atoms with Gasteiger partial charge >= 0.3 is 5.97 Å². The first kappa shape index (κ1) is 12.4. The van der Waals surface area contributed by atoms with Crippen LogP contribution in [0, 0.1) is 19.8 Å². The van der Waals surface area contributed by atoms with Crippen molar-refractivity contribution in [3.05, 3.63) is 22.8 Å². The fraction of sp³-hybridized carbons (Fsp3) is 0.417. The number of phenols is 2. The molecule has 16 heavy (non-hydrogen) atoms. The van der Waals surface area contributed by atoms with E-state index in [0.717, 1.165) is 11.1 Å². The van der Waals surface area contributed by atoms with E-state index >= 15 is 0 Å². The summed E-state index contributed by atoms with van der Waals surface area (Å²) in [6.45, 7) is 5.11. The third kappa shape index (κ3) is 2.27. The van der Waals surface area contributed by atoms with E-state index in [1.54, 1.807) is 20.8 Å². The van der Waals surface area contributed by atoms with Gasteiger partial charge in [-0.2, -0.15) is 0 Å². The van der Waals surface area contributed by atoms with Crippen molar-refractivity contribution < 1.29 is 20.1 Å². The van der Waals surface area contributed by atoms with Crippen molar-refractivity contribution in [2.75, 3.05) is 0 Å². The third-order valence-electron chi connectivity index (χ3n) is 2.90. The zero-order valence-electron chi connectivity index (χ0n) is 9.61. The molecule has 1 atom stereocenters. The molecule has 0 saturated heterocycles. The maximum atomic E-state index is 10.7. The summed E-state index contributed by atoms with van der Waals surface area (Å²) in [5, 5.41) is 27.8. The van der Waals surface area contributed by atoms with Crippen molar-refractivity contribution in [3.8, 4) is 11.5 Å². The molecule has 0 spiro atoms. The lowest BCUT2D eigenvalue weighted by atomic mass is 9.94. The van der Waals surface area contributed by atoms with Gasteiger partial charge in [0.1, 0.15) is 0 Å². The van der Waals surface area contributed by atoms with E-state index in [1.807, 2.05) is 0 Å². The minimum atomic E-state index is -0.871. The van der Waals surface area contributed by atoms with Gasteiger partial charge in [0, 0.05) is 0 Å². The Labute approximate surface area is 94.2 Å². The number of phenolic OH excluding ortho intramolecular Hbond substituents is 2. The van der Waals surface area contributed by atoms with Crippen LogP contribution in [0.5, 0.6) is 11.5 Å². The lowest BCUT2D eigenvalue weighted by Crippen LogP contribution is -2.13. The number of hydrogen-bond donors (Lipinski definition) is 3. The highest BCUT2D eigenvalue weighted by Gasteiger charge is 2.16. The smallest absolute Gasteiger partial charge is 0.306 e. The molecule has 1 aromatic carbocycles.